The van der Waals surface area contributed by atoms with Crippen LogP contribution in [0, 0.1) is 0 Å². The number of nitrogens with one attached hydrogen (secondary N) is 2. The SMILES string of the molecule is CCOCCCN=C(NN)NC(C)CN1CCCC1. The number of ether oxygens (including phenoxy) is 1. The first-order valence-electron chi connectivity index (χ1n) is 7.34. The Morgan fingerprint density at radius 2 is 2.16 bits per heavy atom. The van der Waals surface area contributed by atoms with E-state index in [0.29, 0.717) is 12.0 Å². The average Bonchev–Trinajstić information content (AvgIpc) is 2.89. The van der Waals surface area contributed by atoms with E-state index in [9.17, 15) is 0 Å². The Hall–Kier alpha value is -0.850. The molecule has 1 atom stereocenters. The van der Waals surface area contributed by atoms with Gasteiger partial charge in [-0.3, -0.25) is 10.4 Å². The Bertz CT molecular complexity index is 253. The fraction of sp³-hybridized carbons (Fsp3) is 0.923. The number of nitrogens with two attached hydrogens (primary N) is 1. The second-order valence-corrected chi connectivity index (χ2v) is 4.98. The minimum Gasteiger partial charge on any atom is -0.382 e. The number of guanidine groups is 1. The maximum Gasteiger partial charge on any atom is 0.205 e. The molecule has 0 aliphatic carbocycles. The van der Waals surface area contributed by atoms with Gasteiger partial charge in [0.25, 0.3) is 0 Å². The van der Waals surface area contributed by atoms with E-state index in [4.69, 9.17) is 10.6 Å². The quantitative estimate of drug-likeness (QED) is 0.195. The Morgan fingerprint density at radius 3 is 2.79 bits per heavy atom. The molecule has 112 valence electrons. The first kappa shape index (κ1) is 16.2. The maximum atomic E-state index is 5.48. The molecule has 0 spiro atoms. The van der Waals surface area contributed by atoms with E-state index in [1.165, 1.54) is 25.9 Å². The molecular weight excluding hydrogens is 242 g/mol. The van der Waals surface area contributed by atoms with Gasteiger partial charge in [0.05, 0.1) is 0 Å². The van der Waals surface area contributed by atoms with Crippen molar-refractivity contribution in [2.24, 2.45) is 10.8 Å². The smallest absolute Gasteiger partial charge is 0.205 e. The molecule has 0 aromatic carbocycles. The van der Waals surface area contributed by atoms with Crippen LogP contribution >= 0.6 is 0 Å². The lowest BCUT2D eigenvalue weighted by atomic mass is 10.3. The first-order valence-corrected chi connectivity index (χ1v) is 7.34. The molecule has 1 aliphatic heterocycles. The van der Waals surface area contributed by atoms with Gasteiger partial charge in [-0.1, -0.05) is 0 Å². The highest BCUT2D eigenvalue weighted by molar-refractivity contribution is 5.79. The van der Waals surface area contributed by atoms with Gasteiger partial charge in [0, 0.05) is 32.3 Å². The monoisotopic (exact) mass is 271 g/mol. The Kier molecular flexibility index (Phi) is 8.53. The molecule has 0 aromatic rings. The van der Waals surface area contributed by atoms with Crippen molar-refractivity contribution in [2.75, 3.05) is 39.4 Å². The minimum atomic E-state index is 0.347. The molecule has 1 rings (SSSR count). The summed E-state index contributed by atoms with van der Waals surface area (Å²) in [4.78, 5) is 6.87. The van der Waals surface area contributed by atoms with Gasteiger partial charge in [0.15, 0.2) is 0 Å². The standard InChI is InChI=1S/C13H29N5O/c1-3-19-10-6-7-15-13(17-14)16-12(2)11-18-8-4-5-9-18/h12H,3-11,14H2,1-2H3,(H2,15,16,17). The molecule has 1 unspecified atom stereocenters. The molecule has 0 saturated carbocycles. The number of hydrazine groups is 1. The second-order valence-electron chi connectivity index (χ2n) is 4.98. The summed E-state index contributed by atoms with van der Waals surface area (Å²) in [6.45, 7) is 9.86. The highest BCUT2D eigenvalue weighted by atomic mass is 16.5. The Balaban J connectivity index is 2.19. The van der Waals surface area contributed by atoms with Crippen molar-refractivity contribution in [3.63, 3.8) is 0 Å². The lowest BCUT2D eigenvalue weighted by Crippen LogP contribution is -2.49. The van der Waals surface area contributed by atoms with Crippen LogP contribution in [0.5, 0.6) is 0 Å². The molecule has 0 bridgehead atoms. The van der Waals surface area contributed by atoms with E-state index < -0.39 is 0 Å². The van der Waals surface area contributed by atoms with Gasteiger partial charge in [0.1, 0.15) is 0 Å². The fourth-order valence-electron chi connectivity index (χ4n) is 2.27. The molecule has 1 saturated heterocycles. The number of aliphatic imine (C=N–C) groups is 1. The van der Waals surface area contributed by atoms with Crippen molar-refractivity contribution < 1.29 is 4.74 Å². The Labute approximate surface area is 116 Å². The third kappa shape index (κ3) is 7.34. The summed E-state index contributed by atoms with van der Waals surface area (Å²) < 4.78 is 5.27. The highest BCUT2D eigenvalue weighted by Crippen LogP contribution is 2.07. The van der Waals surface area contributed by atoms with E-state index in [1.807, 2.05) is 6.92 Å². The van der Waals surface area contributed by atoms with Crippen molar-refractivity contribution in [1.82, 2.24) is 15.6 Å². The normalized spacial score (nSPS) is 18.6. The lowest BCUT2D eigenvalue weighted by Gasteiger charge is -2.22. The van der Waals surface area contributed by atoms with E-state index in [-0.39, 0.29) is 0 Å². The van der Waals surface area contributed by atoms with Crippen LogP contribution in [0.1, 0.15) is 33.1 Å². The molecule has 4 N–H and O–H groups in total. The van der Waals surface area contributed by atoms with Gasteiger partial charge in [-0.15, -0.1) is 0 Å². The summed E-state index contributed by atoms with van der Waals surface area (Å²) in [5, 5.41) is 3.32. The van der Waals surface area contributed by atoms with Gasteiger partial charge >= 0.3 is 0 Å². The summed E-state index contributed by atoms with van der Waals surface area (Å²) in [7, 11) is 0. The molecule has 1 aliphatic rings. The van der Waals surface area contributed by atoms with Crippen LogP contribution in [-0.2, 0) is 4.74 Å². The number of hydrogen-bond acceptors (Lipinski definition) is 4. The average molecular weight is 271 g/mol. The number of rotatable bonds is 8. The summed E-state index contributed by atoms with van der Waals surface area (Å²) in [5.74, 6) is 6.15. The van der Waals surface area contributed by atoms with Crippen molar-refractivity contribution in [3.05, 3.63) is 0 Å². The van der Waals surface area contributed by atoms with E-state index in [1.54, 1.807) is 0 Å². The summed E-state index contributed by atoms with van der Waals surface area (Å²) >= 11 is 0. The number of hydrogen-bond donors (Lipinski definition) is 3. The van der Waals surface area contributed by atoms with Gasteiger partial charge in [-0.25, -0.2) is 5.84 Å². The topological polar surface area (TPSA) is 74.9 Å². The molecule has 6 heteroatoms. The largest absolute Gasteiger partial charge is 0.382 e. The zero-order valence-electron chi connectivity index (χ0n) is 12.3. The van der Waals surface area contributed by atoms with Crippen LogP contribution in [0.2, 0.25) is 0 Å². The molecule has 19 heavy (non-hydrogen) atoms. The van der Waals surface area contributed by atoms with Gasteiger partial charge in [-0.05, 0) is 46.2 Å². The fourth-order valence-corrected chi connectivity index (χ4v) is 2.27. The zero-order valence-corrected chi connectivity index (χ0v) is 12.3. The highest BCUT2D eigenvalue weighted by Gasteiger charge is 2.14. The van der Waals surface area contributed by atoms with Crippen LogP contribution in [-0.4, -0.2) is 56.3 Å². The maximum absolute atomic E-state index is 5.48. The molecule has 6 nitrogen and oxygen atoms in total. The molecule has 0 aromatic heterocycles. The van der Waals surface area contributed by atoms with Gasteiger partial charge in [0.2, 0.25) is 5.96 Å². The third-order valence-electron chi connectivity index (χ3n) is 3.17. The summed E-state index contributed by atoms with van der Waals surface area (Å²) in [6.07, 6.45) is 3.56. The molecule has 0 amide bonds. The van der Waals surface area contributed by atoms with Crippen LogP contribution < -0.4 is 16.6 Å². The van der Waals surface area contributed by atoms with Crippen molar-refractivity contribution >= 4 is 5.96 Å². The number of nitrogens with zero attached hydrogens (tertiary/aromatic N) is 2. The van der Waals surface area contributed by atoms with E-state index in [0.717, 1.165) is 32.7 Å². The summed E-state index contributed by atoms with van der Waals surface area (Å²) in [6, 6.07) is 0.347. The van der Waals surface area contributed by atoms with Crippen molar-refractivity contribution in [3.8, 4) is 0 Å². The lowest BCUT2D eigenvalue weighted by molar-refractivity contribution is 0.146. The molecule has 1 fully saturated rings. The molecule has 0 radical (unpaired) electrons. The summed E-state index contributed by atoms with van der Waals surface area (Å²) in [5.41, 5.74) is 2.63. The Morgan fingerprint density at radius 1 is 1.42 bits per heavy atom. The number of likely N-dealkylation sites (tertiary alicyclic amines) is 1. The van der Waals surface area contributed by atoms with Crippen LogP contribution in [0.15, 0.2) is 4.99 Å². The zero-order chi connectivity index (χ0) is 13.9. The van der Waals surface area contributed by atoms with Crippen LogP contribution in [0.3, 0.4) is 0 Å². The predicted octanol–water partition coefficient (Wildman–Crippen LogP) is 0.306. The van der Waals surface area contributed by atoms with E-state index >= 15 is 0 Å². The first-order chi connectivity index (χ1) is 9.26. The second kappa shape index (κ2) is 10.00. The molecule has 1 heterocycles. The van der Waals surface area contributed by atoms with Crippen molar-refractivity contribution in [2.45, 2.75) is 39.2 Å². The third-order valence-corrected chi connectivity index (χ3v) is 3.17. The predicted molar refractivity (Wildman–Crippen MR) is 79.0 cm³/mol. The van der Waals surface area contributed by atoms with Gasteiger partial charge < -0.3 is 15.0 Å². The van der Waals surface area contributed by atoms with E-state index in [2.05, 4.69) is 27.6 Å². The van der Waals surface area contributed by atoms with Gasteiger partial charge in [-0.2, -0.15) is 0 Å². The van der Waals surface area contributed by atoms with Crippen molar-refractivity contribution in [1.29, 1.82) is 0 Å². The molecular formula is C13H29N5O. The van der Waals surface area contributed by atoms with Crippen LogP contribution in [0.25, 0.3) is 0 Å². The minimum absolute atomic E-state index is 0.347. The van der Waals surface area contributed by atoms with Crippen LogP contribution in [0.4, 0.5) is 0 Å².